The highest BCUT2D eigenvalue weighted by atomic mass is 15.1. The Labute approximate surface area is 408 Å². The van der Waals surface area contributed by atoms with Crippen molar-refractivity contribution >= 4 is 60.3 Å². The van der Waals surface area contributed by atoms with Crippen LogP contribution in [0.25, 0.3) is 105 Å². The van der Waals surface area contributed by atoms with Crippen molar-refractivity contribution in [3.05, 3.63) is 279 Å². The minimum Gasteiger partial charge on any atom is -0.310 e. The van der Waals surface area contributed by atoms with E-state index in [-0.39, 0.29) is 0 Å². The molecule has 0 radical (unpaired) electrons. The highest BCUT2D eigenvalue weighted by Crippen LogP contribution is 2.47. The molecule has 70 heavy (non-hydrogen) atoms. The molecule has 0 saturated heterocycles. The van der Waals surface area contributed by atoms with Crippen LogP contribution >= 0.6 is 0 Å². The molecule has 0 aliphatic carbocycles. The number of nitrogens with zero attached hydrogens (tertiary/aromatic N) is 2. The molecule has 12 aromatic carbocycles. The Balaban J connectivity index is 0.923. The Kier molecular flexibility index (Phi) is 10.2. The molecule has 0 fully saturated rings. The van der Waals surface area contributed by atoms with Crippen LogP contribution < -0.4 is 4.90 Å². The van der Waals surface area contributed by atoms with Crippen molar-refractivity contribution in [1.82, 2.24) is 4.57 Å². The number of hydrogen-bond acceptors (Lipinski definition) is 1. The summed E-state index contributed by atoms with van der Waals surface area (Å²) in [7, 11) is 0. The summed E-state index contributed by atoms with van der Waals surface area (Å²) in [5.41, 5.74) is 17.7. The largest absolute Gasteiger partial charge is 0.310 e. The van der Waals surface area contributed by atoms with Gasteiger partial charge >= 0.3 is 0 Å². The first-order chi connectivity index (χ1) is 34.7. The Morgan fingerprint density at radius 2 is 0.700 bits per heavy atom. The molecular weight excluding hydrogens is 845 g/mol. The lowest BCUT2D eigenvalue weighted by Crippen LogP contribution is -2.09. The Morgan fingerprint density at radius 1 is 0.257 bits per heavy atom. The van der Waals surface area contributed by atoms with Gasteiger partial charge in [-0.1, -0.05) is 224 Å². The maximum absolute atomic E-state index is 2.49. The zero-order valence-corrected chi connectivity index (χ0v) is 38.5. The van der Waals surface area contributed by atoms with Gasteiger partial charge in [-0.15, -0.1) is 0 Å². The number of anilines is 3. The third kappa shape index (κ3) is 7.22. The van der Waals surface area contributed by atoms with Crippen LogP contribution in [-0.4, -0.2) is 4.57 Å². The van der Waals surface area contributed by atoms with Crippen molar-refractivity contribution in [2.45, 2.75) is 0 Å². The third-order valence-electron chi connectivity index (χ3n) is 14.0. The average Bonchev–Trinajstić information content (AvgIpc) is 3.80. The minimum atomic E-state index is 1.10. The van der Waals surface area contributed by atoms with E-state index in [9.17, 15) is 0 Å². The van der Waals surface area contributed by atoms with E-state index in [1.807, 2.05) is 0 Å². The van der Waals surface area contributed by atoms with Gasteiger partial charge in [0.25, 0.3) is 0 Å². The Bertz CT molecular complexity index is 3910. The van der Waals surface area contributed by atoms with Gasteiger partial charge in [0.05, 0.1) is 11.2 Å². The molecule has 0 bridgehead atoms. The fourth-order valence-electron chi connectivity index (χ4n) is 10.7. The van der Waals surface area contributed by atoms with Gasteiger partial charge in [0.2, 0.25) is 0 Å². The van der Waals surface area contributed by atoms with Gasteiger partial charge in [0, 0.05) is 39.1 Å². The van der Waals surface area contributed by atoms with E-state index in [0.29, 0.717) is 0 Å². The van der Waals surface area contributed by atoms with Crippen LogP contribution in [0.4, 0.5) is 17.1 Å². The van der Waals surface area contributed by atoms with Crippen molar-refractivity contribution in [3.8, 4) is 61.5 Å². The van der Waals surface area contributed by atoms with Gasteiger partial charge in [0.15, 0.2) is 0 Å². The normalized spacial score (nSPS) is 11.4. The molecule has 2 heteroatoms. The van der Waals surface area contributed by atoms with Crippen molar-refractivity contribution in [3.63, 3.8) is 0 Å². The summed E-state index contributed by atoms with van der Waals surface area (Å²) >= 11 is 0. The molecule has 13 rings (SSSR count). The predicted molar refractivity (Wildman–Crippen MR) is 298 cm³/mol. The Morgan fingerprint density at radius 3 is 1.29 bits per heavy atom. The predicted octanol–water partition coefficient (Wildman–Crippen LogP) is 18.9. The van der Waals surface area contributed by atoms with Crippen molar-refractivity contribution < 1.29 is 0 Å². The molecule has 13 aromatic rings. The fraction of sp³-hybridized carbons (Fsp3) is 0. The van der Waals surface area contributed by atoms with Gasteiger partial charge in [-0.25, -0.2) is 0 Å². The molecule has 0 unspecified atom stereocenters. The van der Waals surface area contributed by atoms with Gasteiger partial charge < -0.3 is 9.47 Å². The van der Waals surface area contributed by atoms with E-state index in [4.69, 9.17) is 0 Å². The molecule has 0 aliphatic heterocycles. The number of aromatic nitrogens is 1. The zero-order chi connectivity index (χ0) is 46.4. The summed E-state index contributed by atoms with van der Waals surface area (Å²) in [5.74, 6) is 0. The number of rotatable bonds is 9. The second-order valence-electron chi connectivity index (χ2n) is 18.1. The number of fused-ring (bicyclic) bond motifs is 6. The minimum absolute atomic E-state index is 1.10. The summed E-state index contributed by atoms with van der Waals surface area (Å²) in [5, 5.41) is 8.55. The molecule has 0 saturated carbocycles. The van der Waals surface area contributed by atoms with E-state index < -0.39 is 0 Å². The molecule has 0 aliphatic rings. The van der Waals surface area contributed by atoms with Crippen LogP contribution in [-0.2, 0) is 0 Å². The Hall–Kier alpha value is -9.24. The van der Waals surface area contributed by atoms with E-state index in [2.05, 4.69) is 289 Å². The lowest BCUT2D eigenvalue weighted by atomic mass is 9.92. The van der Waals surface area contributed by atoms with Crippen LogP contribution in [0.2, 0.25) is 0 Å². The van der Waals surface area contributed by atoms with E-state index in [1.54, 1.807) is 0 Å². The summed E-state index contributed by atoms with van der Waals surface area (Å²) in [6.45, 7) is 0. The molecule has 328 valence electrons. The summed E-state index contributed by atoms with van der Waals surface area (Å²) in [4.78, 5) is 2.37. The molecule has 0 atom stereocenters. The fourth-order valence-corrected chi connectivity index (χ4v) is 10.7. The van der Waals surface area contributed by atoms with Crippen molar-refractivity contribution in [2.75, 3.05) is 4.90 Å². The lowest BCUT2D eigenvalue weighted by Gasteiger charge is -2.26. The molecular formula is C68H46N2. The summed E-state index contributed by atoms with van der Waals surface area (Å²) < 4.78 is 2.49. The maximum Gasteiger partial charge on any atom is 0.0620 e. The van der Waals surface area contributed by atoms with Crippen molar-refractivity contribution in [1.29, 1.82) is 0 Å². The highest BCUT2D eigenvalue weighted by Gasteiger charge is 2.24. The smallest absolute Gasteiger partial charge is 0.0620 e. The van der Waals surface area contributed by atoms with Crippen LogP contribution in [0.15, 0.2) is 279 Å². The van der Waals surface area contributed by atoms with E-state index in [0.717, 1.165) is 22.7 Å². The molecule has 2 nitrogen and oxygen atoms in total. The van der Waals surface area contributed by atoms with Crippen LogP contribution in [0.5, 0.6) is 0 Å². The molecule has 1 aromatic heterocycles. The quantitative estimate of drug-likeness (QED) is 0.131. The van der Waals surface area contributed by atoms with Crippen LogP contribution in [0.1, 0.15) is 0 Å². The standard InChI is InChI=1S/C68H46N2/c1-6-17-47(18-7-1)49-31-36-57(37-32-49)69(58-38-33-50(34-39-58)48-19-8-2-9-20-48)59-40-42-62-55(46-59)30-29-53-45-54(35-41-61(53)62)60-27-16-28-64-63(60)43-44-65-66(51-21-10-3-11-22-51)67(52-23-12-4-13-24-52)70(68(64)65)56-25-14-5-15-26-56/h1-46H. The van der Waals surface area contributed by atoms with Gasteiger partial charge in [0.1, 0.15) is 0 Å². The first kappa shape index (κ1) is 41.0. The number of benzene rings is 12. The maximum atomic E-state index is 2.49. The van der Waals surface area contributed by atoms with E-state index >= 15 is 0 Å². The average molecular weight is 891 g/mol. The van der Waals surface area contributed by atoms with Gasteiger partial charge in [-0.2, -0.15) is 0 Å². The number of hydrogen-bond donors (Lipinski definition) is 0. The van der Waals surface area contributed by atoms with Crippen LogP contribution in [0.3, 0.4) is 0 Å². The van der Waals surface area contributed by atoms with Crippen LogP contribution in [0, 0.1) is 0 Å². The second-order valence-corrected chi connectivity index (χ2v) is 18.1. The molecule has 0 spiro atoms. The summed E-state index contributed by atoms with van der Waals surface area (Å²) in [6, 6.07) is 102. The first-order valence-electron chi connectivity index (χ1n) is 24.1. The number of para-hydroxylation sites is 1. The zero-order valence-electron chi connectivity index (χ0n) is 38.5. The summed E-state index contributed by atoms with van der Waals surface area (Å²) in [6.07, 6.45) is 0. The second kappa shape index (κ2) is 17.4. The topological polar surface area (TPSA) is 8.17 Å². The highest BCUT2D eigenvalue weighted by molar-refractivity contribution is 6.19. The van der Waals surface area contributed by atoms with E-state index in [1.165, 1.54) is 99.0 Å². The molecule has 0 amide bonds. The third-order valence-corrected chi connectivity index (χ3v) is 14.0. The lowest BCUT2D eigenvalue weighted by molar-refractivity contribution is 1.14. The monoisotopic (exact) mass is 890 g/mol. The van der Waals surface area contributed by atoms with Gasteiger partial charge in [-0.3, -0.25) is 0 Å². The van der Waals surface area contributed by atoms with Crippen molar-refractivity contribution in [2.24, 2.45) is 0 Å². The molecule has 0 N–H and O–H groups in total. The SMILES string of the molecule is c1ccc(-c2ccc(N(c3ccc(-c4ccccc4)cc3)c3ccc4c(ccc5cc(-c6cccc7c6ccc6c(-c8ccccc8)c(-c8ccccc8)n(-c8ccccc8)c67)ccc54)c3)cc2)cc1. The molecule has 1 heterocycles. The first-order valence-corrected chi connectivity index (χ1v) is 24.1. The van der Waals surface area contributed by atoms with Gasteiger partial charge in [-0.05, 0) is 126 Å².